The molecule has 0 heterocycles. The Balaban J connectivity index is 2.10. The summed E-state index contributed by atoms with van der Waals surface area (Å²) in [6, 6.07) is 14.8. The molecule has 0 aliphatic heterocycles. The van der Waals surface area contributed by atoms with E-state index in [2.05, 4.69) is 4.72 Å². The van der Waals surface area contributed by atoms with Gasteiger partial charge in [-0.2, -0.15) is 0 Å². The summed E-state index contributed by atoms with van der Waals surface area (Å²) in [5.41, 5.74) is 0.549. The number of sulfonamides is 1. The van der Waals surface area contributed by atoms with E-state index in [0.29, 0.717) is 6.54 Å². The van der Waals surface area contributed by atoms with Gasteiger partial charge in [0.1, 0.15) is 0 Å². The van der Waals surface area contributed by atoms with Crippen molar-refractivity contribution >= 4 is 21.9 Å². The van der Waals surface area contributed by atoms with Crippen LogP contribution in [0.3, 0.4) is 0 Å². The second kappa shape index (κ2) is 10.1. The van der Waals surface area contributed by atoms with Crippen molar-refractivity contribution in [3.63, 3.8) is 0 Å². The van der Waals surface area contributed by atoms with Crippen LogP contribution in [0.2, 0.25) is 0 Å². The van der Waals surface area contributed by atoms with Crippen LogP contribution in [0.25, 0.3) is 0 Å². The van der Waals surface area contributed by atoms with Crippen LogP contribution in [-0.2, 0) is 26.1 Å². The fourth-order valence-corrected chi connectivity index (χ4v) is 4.22. The Labute approximate surface area is 184 Å². The third kappa shape index (κ3) is 7.18. The minimum atomic E-state index is -3.75. The van der Waals surface area contributed by atoms with Crippen LogP contribution in [0.4, 0.5) is 0 Å². The van der Waals surface area contributed by atoms with Gasteiger partial charge in [-0.1, -0.05) is 36.4 Å². The fourth-order valence-electron chi connectivity index (χ4n) is 2.92. The van der Waals surface area contributed by atoms with E-state index < -0.39 is 28.1 Å². The molecule has 0 fully saturated rings. The van der Waals surface area contributed by atoms with Gasteiger partial charge in [0.25, 0.3) is 5.91 Å². The minimum absolute atomic E-state index is 0.0395. The molecule has 0 aromatic heterocycles. The Morgan fingerprint density at radius 1 is 1.03 bits per heavy atom. The lowest BCUT2D eigenvalue weighted by molar-refractivity contribution is -0.140. The molecule has 0 aliphatic carbocycles. The van der Waals surface area contributed by atoms with Gasteiger partial charge in [0.05, 0.1) is 10.5 Å². The lowest BCUT2D eigenvalue weighted by atomic mass is 10.0. The van der Waals surface area contributed by atoms with E-state index in [1.807, 2.05) is 51.1 Å². The quantitative estimate of drug-likeness (QED) is 0.628. The van der Waals surface area contributed by atoms with Crippen LogP contribution >= 0.6 is 0 Å². The molecular weight excluding hydrogens is 416 g/mol. The van der Waals surface area contributed by atoms with Crippen molar-refractivity contribution in [2.75, 3.05) is 6.61 Å². The maximum absolute atomic E-state index is 12.8. The summed E-state index contributed by atoms with van der Waals surface area (Å²) in [6.07, 6.45) is 0. The molecule has 1 amide bonds. The summed E-state index contributed by atoms with van der Waals surface area (Å²) in [7, 11) is -3.75. The average molecular weight is 447 g/mol. The van der Waals surface area contributed by atoms with Crippen molar-refractivity contribution < 1.29 is 22.7 Å². The van der Waals surface area contributed by atoms with Crippen LogP contribution in [0, 0.1) is 0 Å². The first-order valence-electron chi connectivity index (χ1n) is 10.0. The van der Waals surface area contributed by atoms with E-state index in [1.54, 1.807) is 18.7 Å². The predicted octanol–water partition coefficient (Wildman–Crippen LogP) is 3.36. The topological polar surface area (TPSA) is 92.8 Å². The summed E-state index contributed by atoms with van der Waals surface area (Å²) in [4.78, 5) is 26.9. The van der Waals surface area contributed by atoms with E-state index in [-0.39, 0.29) is 22.4 Å². The van der Waals surface area contributed by atoms with E-state index in [1.165, 1.54) is 24.3 Å². The van der Waals surface area contributed by atoms with Gasteiger partial charge in [-0.05, 0) is 58.4 Å². The molecule has 0 bridgehead atoms. The van der Waals surface area contributed by atoms with Gasteiger partial charge in [-0.15, -0.1) is 0 Å². The average Bonchev–Trinajstić information content (AvgIpc) is 2.69. The molecule has 1 N–H and O–H groups in total. The molecule has 31 heavy (non-hydrogen) atoms. The zero-order valence-electron chi connectivity index (χ0n) is 18.6. The molecule has 0 saturated carbocycles. The minimum Gasteiger partial charge on any atom is -0.452 e. The van der Waals surface area contributed by atoms with Gasteiger partial charge in [-0.25, -0.2) is 17.9 Å². The summed E-state index contributed by atoms with van der Waals surface area (Å²) < 4.78 is 32.3. The molecule has 0 radical (unpaired) electrons. The molecule has 2 aromatic rings. The number of rotatable bonds is 8. The third-order valence-electron chi connectivity index (χ3n) is 4.39. The van der Waals surface area contributed by atoms with Crippen LogP contribution in [0.15, 0.2) is 59.5 Å². The zero-order valence-corrected chi connectivity index (χ0v) is 19.4. The Morgan fingerprint density at radius 3 is 2.26 bits per heavy atom. The number of amides is 1. The maximum Gasteiger partial charge on any atom is 0.338 e. The van der Waals surface area contributed by atoms with E-state index in [4.69, 9.17) is 4.74 Å². The van der Waals surface area contributed by atoms with Crippen molar-refractivity contribution in [3.05, 3.63) is 65.7 Å². The van der Waals surface area contributed by atoms with Crippen molar-refractivity contribution in [2.45, 2.75) is 57.6 Å². The molecule has 2 rings (SSSR count). The predicted molar refractivity (Wildman–Crippen MR) is 119 cm³/mol. The highest BCUT2D eigenvalue weighted by atomic mass is 32.2. The lowest BCUT2D eigenvalue weighted by Crippen LogP contribution is -2.46. The highest BCUT2D eigenvalue weighted by Crippen LogP contribution is 2.18. The Bertz CT molecular complexity index is 1010. The molecule has 0 atom stereocenters. The summed E-state index contributed by atoms with van der Waals surface area (Å²) in [6.45, 7) is 9.08. The second-order valence-corrected chi connectivity index (χ2v) is 10.2. The first-order chi connectivity index (χ1) is 14.4. The smallest absolute Gasteiger partial charge is 0.338 e. The number of ether oxygens (including phenoxy) is 1. The first kappa shape index (κ1) is 24.6. The van der Waals surface area contributed by atoms with Gasteiger partial charge < -0.3 is 9.64 Å². The normalized spacial score (nSPS) is 11.9. The highest BCUT2D eigenvalue weighted by molar-refractivity contribution is 7.89. The molecule has 0 spiro atoms. The van der Waals surface area contributed by atoms with Gasteiger partial charge in [-0.3, -0.25) is 4.79 Å². The fraction of sp³-hybridized carbons (Fsp3) is 0.391. The molecule has 0 saturated heterocycles. The molecule has 168 valence electrons. The van der Waals surface area contributed by atoms with Crippen LogP contribution in [0.5, 0.6) is 0 Å². The summed E-state index contributed by atoms with van der Waals surface area (Å²) >= 11 is 0. The van der Waals surface area contributed by atoms with Crippen molar-refractivity contribution in [2.24, 2.45) is 0 Å². The summed E-state index contributed by atoms with van der Waals surface area (Å²) in [5.74, 6) is -1.10. The Morgan fingerprint density at radius 2 is 1.68 bits per heavy atom. The van der Waals surface area contributed by atoms with Gasteiger partial charge in [0.2, 0.25) is 10.0 Å². The number of hydrogen-bond acceptors (Lipinski definition) is 5. The standard InChI is InChI=1S/C23H30N2O5S/c1-17(2)24-31(28,29)20-13-9-12-19(14-20)22(27)30-16-21(26)25(23(3,4)5)15-18-10-7-6-8-11-18/h6-14,17,24H,15-16H2,1-5H3. The molecule has 0 unspecified atom stereocenters. The molecule has 0 aliphatic rings. The third-order valence-corrected chi connectivity index (χ3v) is 6.05. The number of hydrogen-bond donors (Lipinski definition) is 1. The van der Waals surface area contributed by atoms with E-state index >= 15 is 0 Å². The maximum atomic E-state index is 12.8. The number of benzene rings is 2. The number of esters is 1. The molecule has 7 nitrogen and oxygen atoms in total. The SMILES string of the molecule is CC(C)NS(=O)(=O)c1cccc(C(=O)OCC(=O)N(Cc2ccccc2)C(C)(C)C)c1. The molecular formula is C23H30N2O5S. The van der Waals surface area contributed by atoms with E-state index in [0.717, 1.165) is 5.56 Å². The monoisotopic (exact) mass is 446 g/mol. The Hall–Kier alpha value is -2.71. The van der Waals surface area contributed by atoms with Crippen LogP contribution < -0.4 is 4.72 Å². The number of carbonyl (C=O) groups excluding carboxylic acids is 2. The van der Waals surface area contributed by atoms with Crippen LogP contribution in [0.1, 0.15) is 50.5 Å². The Kier molecular flexibility index (Phi) is 7.97. The largest absolute Gasteiger partial charge is 0.452 e. The number of nitrogens with one attached hydrogen (secondary N) is 1. The van der Waals surface area contributed by atoms with Crippen molar-refractivity contribution in [1.29, 1.82) is 0 Å². The van der Waals surface area contributed by atoms with Crippen molar-refractivity contribution in [1.82, 2.24) is 9.62 Å². The van der Waals surface area contributed by atoms with Gasteiger partial charge >= 0.3 is 5.97 Å². The zero-order chi connectivity index (χ0) is 23.2. The van der Waals surface area contributed by atoms with Crippen LogP contribution in [-0.4, -0.2) is 43.4 Å². The second-order valence-electron chi connectivity index (χ2n) is 8.52. The molecule has 8 heteroatoms. The first-order valence-corrected chi connectivity index (χ1v) is 11.5. The van der Waals surface area contributed by atoms with Crippen molar-refractivity contribution in [3.8, 4) is 0 Å². The lowest BCUT2D eigenvalue weighted by Gasteiger charge is -2.35. The van der Waals surface area contributed by atoms with Gasteiger partial charge in [0.15, 0.2) is 6.61 Å². The molecule has 2 aromatic carbocycles. The van der Waals surface area contributed by atoms with Gasteiger partial charge in [0, 0.05) is 18.1 Å². The number of nitrogens with zero attached hydrogens (tertiary/aromatic N) is 1. The summed E-state index contributed by atoms with van der Waals surface area (Å²) in [5, 5.41) is 0. The number of carbonyl (C=O) groups is 2. The van der Waals surface area contributed by atoms with E-state index in [9.17, 15) is 18.0 Å². The highest BCUT2D eigenvalue weighted by Gasteiger charge is 2.27.